The van der Waals surface area contributed by atoms with E-state index in [1.807, 2.05) is 13.0 Å². The molecule has 2 N–H and O–H groups in total. The molecule has 0 amide bonds. The summed E-state index contributed by atoms with van der Waals surface area (Å²) in [5.74, 6) is 1.34. The number of hydrogen-bond donors (Lipinski definition) is 2. The second-order valence-corrected chi connectivity index (χ2v) is 6.01. The van der Waals surface area contributed by atoms with Crippen molar-refractivity contribution in [3.05, 3.63) is 40.0 Å². The lowest BCUT2D eigenvalue weighted by Gasteiger charge is -2.10. The van der Waals surface area contributed by atoms with E-state index in [1.165, 1.54) is 12.8 Å². The Bertz CT molecular complexity index is 611. The highest BCUT2D eigenvalue weighted by Crippen LogP contribution is 2.24. The van der Waals surface area contributed by atoms with E-state index in [2.05, 4.69) is 27.5 Å². The fourth-order valence-corrected chi connectivity index (χ4v) is 2.59. The van der Waals surface area contributed by atoms with Crippen molar-refractivity contribution in [2.45, 2.75) is 33.1 Å². The monoisotopic (exact) mass is 338 g/mol. The first-order chi connectivity index (χ1) is 10.6. The Morgan fingerprint density at radius 1 is 1.00 bits per heavy atom. The second-order valence-electron chi connectivity index (χ2n) is 5.14. The number of aromatic nitrogens is 2. The van der Waals surface area contributed by atoms with E-state index in [0.717, 1.165) is 30.2 Å². The third-order valence-corrected chi connectivity index (χ3v) is 3.50. The van der Waals surface area contributed by atoms with Gasteiger partial charge in [-0.2, -0.15) is 4.98 Å². The SMILES string of the molecule is CCCCCNc1cc(C)nc(Nc2cc(Cl)cc(Cl)c2)n1. The molecule has 1 aromatic heterocycles. The number of nitrogens with zero attached hydrogens (tertiary/aromatic N) is 2. The van der Waals surface area contributed by atoms with Crippen molar-refractivity contribution in [3.63, 3.8) is 0 Å². The number of aryl methyl sites for hydroxylation is 1. The normalized spacial score (nSPS) is 10.5. The Morgan fingerprint density at radius 2 is 1.73 bits per heavy atom. The van der Waals surface area contributed by atoms with Gasteiger partial charge in [0, 0.05) is 34.0 Å². The second kappa shape index (κ2) is 8.20. The van der Waals surface area contributed by atoms with Gasteiger partial charge in [0.1, 0.15) is 5.82 Å². The van der Waals surface area contributed by atoms with Crippen LogP contribution in [0.2, 0.25) is 10.0 Å². The molecular weight excluding hydrogens is 319 g/mol. The molecule has 0 fully saturated rings. The van der Waals surface area contributed by atoms with Crippen LogP contribution < -0.4 is 10.6 Å². The first kappa shape index (κ1) is 16.8. The highest BCUT2D eigenvalue weighted by atomic mass is 35.5. The fraction of sp³-hybridized carbons (Fsp3) is 0.375. The molecule has 0 spiro atoms. The van der Waals surface area contributed by atoms with E-state index < -0.39 is 0 Å². The third-order valence-electron chi connectivity index (χ3n) is 3.06. The zero-order valence-electron chi connectivity index (χ0n) is 12.8. The molecule has 22 heavy (non-hydrogen) atoms. The van der Waals surface area contributed by atoms with Crippen LogP contribution in [0.1, 0.15) is 31.9 Å². The summed E-state index contributed by atoms with van der Waals surface area (Å²) in [5, 5.41) is 7.60. The molecule has 0 saturated carbocycles. The van der Waals surface area contributed by atoms with Crippen LogP contribution >= 0.6 is 23.2 Å². The number of halogens is 2. The maximum atomic E-state index is 6.00. The lowest BCUT2D eigenvalue weighted by atomic mass is 10.2. The minimum atomic E-state index is 0.524. The number of benzene rings is 1. The van der Waals surface area contributed by atoms with E-state index in [0.29, 0.717) is 16.0 Å². The fourth-order valence-electron chi connectivity index (χ4n) is 2.06. The molecule has 6 heteroatoms. The van der Waals surface area contributed by atoms with Crippen molar-refractivity contribution in [3.8, 4) is 0 Å². The summed E-state index contributed by atoms with van der Waals surface area (Å²) in [4.78, 5) is 8.85. The van der Waals surface area contributed by atoms with Gasteiger partial charge >= 0.3 is 0 Å². The van der Waals surface area contributed by atoms with Crippen LogP contribution in [0, 0.1) is 6.92 Å². The van der Waals surface area contributed by atoms with Crippen LogP contribution in [0.15, 0.2) is 24.3 Å². The molecule has 2 rings (SSSR count). The summed E-state index contributed by atoms with van der Waals surface area (Å²) < 4.78 is 0. The maximum absolute atomic E-state index is 6.00. The molecule has 0 radical (unpaired) electrons. The summed E-state index contributed by atoms with van der Waals surface area (Å²) in [6.45, 7) is 5.04. The minimum absolute atomic E-state index is 0.524. The van der Waals surface area contributed by atoms with E-state index >= 15 is 0 Å². The number of anilines is 3. The Labute approximate surface area is 141 Å². The van der Waals surface area contributed by atoms with Gasteiger partial charge in [-0.3, -0.25) is 0 Å². The van der Waals surface area contributed by atoms with Crippen LogP contribution in [0.5, 0.6) is 0 Å². The predicted molar refractivity (Wildman–Crippen MR) is 94.5 cm³/mol. The van der Waals surface area contributed by atoms with E-state index in [1.54, 1.807) is 18.2 Å². The van der Waals surface area contributed by atoms with Crippen molar-refractivity contribution < 1.29 is 0 Å². The summed E-state index contributed by atoms with van der Waals surface area (Å²) in [5.41, 5.74) is 1.66. The molecule has 0 saturated heterocycles. The minimum Gasteiger partial charge on any atom is -0.370 e. The molecule has 4 nitrogen and oxygen atoms in total. The highest BCUT2D eigenvalue weighted by molar-refractivity contribution is 6.35. The first-order valence-corrected chi connectivity index (χ1v) is 8.15. The largest absolute Gasteiger partial charge is 0.370 e. The van der Waals surface area contributed by atoms with E-state index in [4.69, 9.17) is 23.2 Å². The van der Waals surface area contributed by atoms with E-state index in [9.17, 15) is 0 Å². The van der Waals surface area contributed by atoms with Crippen molar-refractivity contribution in [2.24, 2.45) is 0 Å². The summed E-state index contributed by atoms with van der Waals surface area (Å²) >= 11 is 12.0. The topological polar surface area (TPSA) is 49.8 Å². The molecule has 0 bridgehead atoms. The first-order valence-electron chi connectivity index (χ1n) is 7.39. The Kier molecular flexibility index (Phi) is 6.28. The zero-order valence-corrected chi connectivity index (χ0v) is 14.3. The average molecular weight is 339 g/mol. The van der Waals surface area contributed by atoms with Gasteiger partial charge in [0.15, 0.2) is 0 Å². The van der Waals surface area contributed by atoms with Crippen LogP contribution in [-0.4, -0.2) is 16.5 Å². The van der Waals surface area contributed by atoms with Crippen molar-refractivity contribution in [1.29, 1.82) is 0 Å². The molecule has 0 aliphatic rings. The molecule has 118 valence electrons. The Balaban J connectivity index is 2.08. The van der Waals surface area contributed by atoms with Crippen molar-refractivity contribution in [2.75, 3.05) is 17.2 Å². The maximum Gasteiger partial charge on any atom is 0.229 e. The van der Waals surface area contributed by atoms with Gasteiger partial charge in [-0.25, -0.2) is 4.98 Å². The molecule has 0 atom stereocenters. The molecule has 0 aliphatic heterocycles. The van der Waals surface area contributed by atoms with Gasteiger partial charge in [0.25, 0.3) is 0 Å². The zero-order chi connectivity index (χ0) is 15.9. The number of nitrogens with one attached hydrogen (secondary N) is 2. The van der Waals surface area contributed by atoms with Crippen LogP contribution in [0.3, 0.4) is 0 Å². The highest BCUT2D eigenvalue weighted by Gasteiger charge is 2.04. The number of hydrogen-bond acceptors (Lipinski definition) is 4. The molecule has 0 unspecified atom stereocenters. The number of unbranched alkanes of at least 4 members (excludes halogenated alkanes) is 2. The summed E-state index contributed by atoms with van der Waals surface area (Å²) in [6.07, 6.45) is 3.54. The van der Waals surface area contributed by atoms with Crippen LogP contribution in [0.25, 0.3) is 0 Å². The van der Waals surface area contributed by atoms with Crippen LogP contribution in [-0.2, 0) is 0 Å². The van der Waals surface area contributed by atoms with Crippen molar-refractivity contribution >= 4 is 40.7 Å². The molecule has 1 aromatic carbocycles. The molecule has 2 aromatic rings. The lowest BCUT2D eigenvalue weighted by Crippen LogP contribution is -2.06. The smallest absolute Gasteiger partial charge is 0.229 e. The van der Waals surface area contributed by atoms with Gasteiger partial charge in [0.2, 0.25) is 5.95 Å². The standard InChI is InChI=1S/C16H20Cl2N4/c1-3-4-5-6-19-15-7-11(2)20-16(22-15)21-14-9-12(17)8-13(18)10-14/h7-10H,3-6H2,1-2H3,(H2,19,20,21,22). The van der Waals surface area contributed by atoms with Gasteiger partial charge in [-0.1, -0.05) is 43.0 Å². The molecular formula is C16H20Cl2N4. The molecule has 0 aliphatic carbocycles. The van der Waals surface area contributed by atoms with Gasteiger partial charge in [0.05, 0.1) is 0 Å². The lowest BCUT2D eigenvalue weighted by molar-refractivity contribution is 0.742. The van der Waals surface area contributed by atoms with Gasteiger partial charge in [-0.15, -0.1) is 0 Å². The number of rotatable bonds is 7. The van der Waals surface area contributed by atoms with Crippen LogP contribution in [0.4, 0.5) is 17.5 Å². The summed E-state index contributed by atoms with van der Waals surface area (Å²) in [6, 6.07) is 7.19. The Hall–Kier alpha value is -1.52. The average Bonchev–Trinajstić information content (AvgIpc) is 2.42. The van der Waals surface area contributed by atoms with E-state index in [-0.39, 0.29) is 0 Å². The Morgan fingerprint density at radius 3 is 2.41 bits per heavy atom. The molecule has 1 heterocycles. The summed E-state index contributed by atoms with van der Waals surface area (Å²) in [7, 11) is 0. The van der Waals surface area contributed by atoms with Gasteiger partial charge in [-0.05, 0) is 31.5 Å². The van der Waals surface area contributed by atoms with Gasteiger partial charge < -0.3 is 10.6 Å². The predicted octanol–water partition coefficient (Wildman–Crippen LogP) is 5.44. The quantitative estimate of drug-likeness (QED) is 0.660. The third kappa shape index (κ3) is 5.35. The van der Waals surface area contributed by atoms with Crippen molar-refractivity contribution in [1.82, 2.24) is 9.97 Å².